The number of nitrogens with one attached hydrogen (secondary N) is 1. The van der Waals surface area contributed by atoms with E-state index in [1.165, 1.54) is 6.33 Å². The Morgan fingerprint density at radius 2 is 1.91 bits per heavy atom. The maximum atomic E-state index is 11.7. The van der Waals surface area contributed by atoms with Gasteiger partial charge in [0.2, 0.25) is 11.8 Å². The molecule has 2 aromatic rings. The number of aromatic nitrogens is 2. The van der Waals surface area contributed by atoms with Crippen LogP contribution >= 0.6 is 11.8 Å². The van der Waals surface area contributed by atoms with Crippen LogP contribution in [0.1, 0.15) is 19.3 Å². The second-order valence-electron chi connectivity index (χ2n) is 7.81. The van der Waals surface area contributed by atoms with Crippen LogP contribution in [-0.2, 0) is 9.53 Å². The lowest BCUT2D eigenvalue weighted by Gasteiger charge is -2.21. The number of hydrogen-bond donors (Lipinski definition) is 1. The molecule has 1 N–H and O–H groups in total. The number of likely N-dealkylation sites (N-methyl/N-ethyl adjacent to an activating group) is 1. The van der Waals surface area contributed by atoms with Gasteiger partial charge in [0.25, 0.3) is 5.24 Å². The minimum absolute atomic E-state index is 0.202. The van der Waals surface area contributed by atoms with Crippen molar-refractivity contribution < 1.29 is 23.8 Å². The molecule has 1 unspecified atom stereocenters. The number of thioether (sulfide) groups is 1. The van der Waals surface area contributed by atoms with Crippen LogP contribution in [0, 0.1) is 0 Å². The third kappa shape index (κ3) is 6.28. The smallest absolute Gasteiger partial charge is 0.286 e. The summed E-state index contributed by atoms with van der Waals surface area (Å²) >= 11 is 1.06. The zero-order valence-corrected chi connectivity index (χ0v) is 19.8. The molecule has 0 bridgehead atoms. The average molecular weight is 483 g/mol. The summed E-state index contributed by atoms with van der Waals surface area (Å²) in [5.74, 6) is 3.30. The highest BCUT2D eigenvalue weighted by Gasteiger charge is 2.32. The van der Waals surface area contributed by atoms with E-state index in [9.17, 15) is 9.59 Å². The van der Waals surface area contributed by atoms with Gasteiger partial charge in [-0.2, -0.15) is 0 Å². The van der Waals surface area contributed by atoms with Crippen molar-refractivity contribution >= 4 is 28.7 Å². The quantitative estimate of drug-likeness (QED) is 0.537. The Morgan fingerprint density at radius 3 is 2.59 bits per heavy atom. The first-order chi connectivity index (χ1) is 16.5. The number of anilines is 1. The van der Waals surface area contributed by atoms with Gasteiger partial charge in [0, 0.05) is 19.5 Å². The maximum Gasteiger partial charge on any atom is 0.286 e. The van der Waals surface area contributed by atoms with E-state index in [4.69, 9.17) is 14.2 Å². The first kappa shape index (κ1) is 23.6. The fourth-order valence-electron chi connectivity index (χ4n) is 3.50. The Kier molecular flexibility index (Phi) is 7.69. The molecular weight excluding hydrogens is 456 g/mol. The van der Waals surface area contributed by atoms with Gasteiger partial charge < -0.3 is 19.1 Å². The SMILES string of the molecule is COc1ccc(Oc2cc(N(C)CCOC3=CC=C(CC4SC(=O)NC4=O)CC3)ncn2)cc1. The summed E-state index contributed by atoms with van der Waals surface area (Å²) in [4.78, 5) is 33.5. The minimum Gasteiger partial charge on any atom is -0.497 e. The molecule has 34 heavy (non-hydrogen) atoms. The standard InChI is InChI=1S/C24H26N4O5S/c1-28(21-14-22(26-15-25-21)33-19-9-7-17(31-2)8-10-19)11-12-32-18-5-3-16(4-6-18)13-20-23(29)27-24(30)34-20/h3,5,7-10,14-15,20H,4,6,11-13H2,1-2H3,(H,27,29,30). The Bertz CT molecular complexity index is 1100. The Labute approximate surface area is 202 Å². The predicted molar refractivity (Wildman–Crippen MR) is 129 cm³/mol. The van der Waals surface area contributed by atoms with Gasteiger partial charge in [-0.15, -0.1) is 0 Å². The first-order valence-electron chi connectivity index (χ1n) is 10.9. The third-order valence-electron chi connectivity index (χ3n) is 5.43. The number of ether oxygens (including phenoxy) is 3. The van der Waals surface area contributed by atoms with E-state index in [2.05, 4.69) is 15.3 Å². The topological polar surface area (TPSA) is 103 Å². The second-order valence-corrected chi connectivity index (χ2v) is 8.98. The van der Waals surface area contributed by atoms with Gasteiger partial charge in [0.15, 0.2) is 0 Å². The van der Waals surface area contributed by atoms with E-state index in [0.717, 1.165) is 47.5 Å². The molecule has 2 heterocycles. The van der Waals surface area contributed by atoms with Crippen LogP contribution in [0.3, 0.4) is 0 Å². The highest BCUT2D eigenvalue weighted by molar-refractivity contribution is 8.15. The van der Waals surface area contributed by atoms with Crippen molar-refractivity contribution in [3.63, 3.8) is 0 Å². The van der Waals surface area contributed by atoms with Crippen molar-refractivity contribution in [1.29, 1.82) is 0 Å². The highest BCUT2D eigenvalue weighted by Crippen LogP contribution is 2.30. The number of methoxy groups -OCH3 is 1. The predicted octanol–water partition coefficient (Wildman–Crippen LogP) is 4.08. The van der Waals surface area contributed by atoms with Crippen LogP contribution in [0.5, 0.6) is 17.4 Å². The maximum absolute atomic E-state index is 11.7. The molecule has 0 spiro atoms. The van der Waals surface area contributed by atoms with E-state index in [1.807, 2.05) is 48.4 Å². The third-order valence-corrected chi connectivity index (χ3v) is 6.41. The number of amides is 2. The van der Waals surface area contributed by atoms with E-state index in [0.29, 0.717) is 31.2 Å². The van der Waals surface area contributed by atoms with Gasteiger partial charge in [0.1, 0.15) is 30.3 Å². The summed E-state index contributed by atoms with van der Waals surface area (Å²) in [5.41, 5.74) is 1.15. The highest BCUT2D eigenvalue weighted by atomic mass is 32.2. The van der Waals surface area contributed by atoms with Crippen LogP contribution in [0.15, 0.2) is 60.1 Å². The molecule has 1 aromatic heterocycles. The molecule has 1 atom stereocenters. The zero-order valence-electron chi connectivity index (χ0n) is 19.0. The Balaban J connectivity index is 1.24. The number of benzene rings is 1. The molecule has 2 aliphatic rings. The molecule has 9 nitrogen and oxygen atoms in total. The van der Waals surface area contributed by atoms with Crippen molar-refractivity contribution in [1.82, 2.24) is 15.3 Å². The number of carbonyl (C=O) groups is 2. The summed E-state index contributed by atoms with van der Waals surface area (Å²) < 4.78 is 16.9. The lowest BCUT2D eigenvalue weighted by molar-refractivity contribution is -0.118. The molecule has 1 aromatic carbocycles. The summed E-state index contributed by atoms with van der Waals surface area (Å²) in [6.45, 7) is 1.13. The van der Waals surface area contributed by atoms with Crippen molar-refractivity contribution in [3.8, 4) is 17.4 Å². The minimum atomic E-state index is -0.324. The Morgan fingerprint density at radius 1 is 1.12 bits per heavy atom. The number of nitrogens with zero attached hydrogens (tertiary/aromatic N) is 3. The molecule has 4 rings (SSSR count). The number of carbonyl (C=O) groups excluding carboxylic acids is 2. The van der Waals surface area contributed by atoms with Crippen LogP contribution < -0.4 is 19.7 Å². The first-order valence-corrected chi connectivity index (χ1v) is 11.8. The van der Waals surface area contributed by atoms with Gasteiger partial charge in [-0.1, -0.05) is 23.4 Å². The van der Waals surface area contributed by atoms with E-state index in [1.54, 1.807) is 13.2 Å². The summed E-state index contributed by atoms with van der Waals surface area (Å²) in [6, 6.07) is 9.06. The van der Waals surface area contributed by atoms with Crippen LogP contribution in [-0.4, -0.2) is 53.7 Å². The summed E-state index contributed by atoms with van der Waals surface area (Å²) in [6.07, 6.45) is 7.59. The van der Waals surface area contributed by atoms with E-state index < -0.39 is 0 Å². The Hall–Kier alpha value is -3.53. The molecule has 1 aliphatic heterocycles. The average Bonchev–Trinajstić information content (AvgIpc) is 3.17. The lowest BCUT2D eigenvalue weighted by Crippen LogP contribution is -2.24. The van der Waals surface area contributed by atoms with Crippen molar-refractivity contribution in [2.24, 2.45) is 0 Å². The monoisotopic (exact) mass is 482 g/mol. The molecule has 0 saturated carbocycles. The largest absolute Gasteiger partial charge is 0.497 e. The second kappa shape index (κ2) is 11.1. The fourth-order valence-corrected chi connectivity index (χ4v) is 4.39. The number of allylic oxidation sites excluding steroid dienone is 4. The van der Waals surface area contributed by atoms with E-state index in [-0.39, 0.29) is 16.4 Å². The molecule has 178 valence electrons. The van der Waals surface area contributed by atoms with Gasteiger partial charge in [0.05, 0.1) is 24.7 Å². The molecule has 1 saturated heterocycles. The van der Waals surface area contributed by atoms with Crippen LogP contribution in [0.4, 0.5) is 10.6 Å². The van der Waals surface area contributed by atoms with Crippen molar-refractivity contribution in [2.75, 3.05) is 32.2 Å². The van der Waals surface area contributed by atoms with Gasteiger partial charge in [-0.25, -0.2) is 9.97 Å². The molecule has 0 radical (unpaired) electrons. The van der Waals surface area contributed by atoms with Gasteiger partial charge >= 0.3 is 0 Å². The molecule has 2 amide bonds. The van der Waals surface area contributed by atoms with Gasteiger partial charge in [-0.05, 0) is 43.2 Å². The normalized spacial score (nSPS) is 17.5. The number of rotatable bonds is 10. The fraction of sp³-hybridized carbons (Fsp3) is 0.333. The number of hydrogen-bond acceptors (Lipinski definition) is 9. The van der Waals surface area contributed by atoms with Crippen LogP contribution in [0.2, 0.25) is 0 Å². The van der Waals surface area contributed by atoms with Crippen LogP contribution in [0.25, 0.3) is 0 Å². The molecular formula is C24H26N4O5S. The van der Waals surface area contributed by atoms with Crippen molar-refractivity contribution in [2.45, 2.75) is 24.5 Å². The zero-order chi connectivity index (χ0) is 23.9. The van der Waals surface area contributed by atoms with Gasteiger partial charge in [-0.3, -0.25) is 14.9 Å². The number of imide groups is 1. The molecule has 1 aliphatic carbocycles. The lowest BCUT2D eigenvalue weighted by atomic mass is 9.99. The summed E-state index contributed by atoms with van der Waals surface area (Å²) in [5, 5.41) is 1.74. The van der Waals surface area contributed by atoms with E-state index >= 15 is 0 Å². The molecule has 1 fully saturated rings. The summed E-state index contributed by atoms with van der Waals surface area (Å²) in [7, 11) is 3.55. The molecule has 10 heteroatoms. The van der Waals surface area contributed by atoms with Crippen molar-refractivity contribution in [3.05, 3.63) is 60.1 Å².